The van der Waals surface area contributed by atoms with E-state index in [1.165, 1.54) is 11.3 Å². The van der Waals surface area contributed by atoms with Crippen LogP contribution in [0.4, 0.5) is 5.00 Å². The second kappa shape index (κ2) is 7.76. The van der Waals surface area contributed by atoms with Gasteiger partial charge < -0.3 is 16.0 Å². The highest BCUT2D eigenvalue weighted by Crippen LogP contribution is 2.24. The van der Waals surface area contributed by atoms with Crippen molar-refractivity contribution in [2.45, 2.75) is 25.8 Å². The maximum Gasteiger partial charge on any atom is 0.251 e. The van der Waals surface area contributed by atoms with Crippen molar-refractivity contribution >= 4 is 34.1 Å². The average Bonchev–Trinajstić information content (AvgIpc) is 3.01. The first-order chi connectivity index (χ1) is 11.3. The van der Waals surface area contributed by atoms with Gasteiger partial charge in [-0.05, 0) is 44.3 Å². The van der Waals surface area contributed by atoms with Crippen LogP contribution in [-0.4, -0.2) is 60.7 Å². The molecule has 24 heavy (non-hydrogen) atoms. The highest BCUT2D eigenvalue weighted by atomic mass is 32.1. The van der Waals surface area contributed by atoms with E-state index in [1.54, 1.807) is 30.4 Å². The second-order valence-electron chi connectivity index (χ2n) is 6.24. The summed E-state index contributed by atoms with van der Waals surface area (Å²) in [5.74, 6) is -0.540. The molecular weight excluding hydrogens is 328 g/mol. The molecule has 0 spiro atoms. The van der Waals surface area contributed by atoms with Gasteiger partial charge >= 0.3 is 0 Å². The Balaban J connectivity index is 1.91. The van der Waals surface area contributed by atoms with Crippen LogP contribution in [0.2, 0.25) is 0 Å². The monoisotopic (exact) mass is 352 g/mol. The standard InChI is InChI=1S/C16H24N4O3S/c1-10(14(22)18-15-12(13(17)21)6-9-24-15)20-7-4-11(5-8-20)16(23)19(2)3/h6,9-11H,4-5,7-8H2,1-3H3,(H2,17,21)(H,18,22)/t10-/m1/s1. The van der Waals surface area contributed by atoms with E-state index in [9.17, 15) is 14.4 Å². The summed E-state index contributed by atoms with van der Waals surface area (Å²) in [7, 11) is 3.53. The molecule has 0 radical (unpaired) electrons. The van der Waals surface area contributed by atoms with Crippen LogP contribution < -0.4 is 11.1 Å². The van der Waals surface area contributed by atoms with Crippen LogP contribution in [0.1, 0.15) is 30.1 Å². The molecule has 1 aromatic rings. The van der Waals surface area contributed by atoms with Crippen LogP contribution in [-0.2, 0) is 9.59 Å². The van der Waals surface area contributed by atoms with E-state index in [2.05, 4.69) is 10.2 Å². The van der Waals surface area contributed by atoms with Gasteiger partial charge in [0, 0.05) is 20.0 Å². The second-order valence-corrected chi connectivity index (χ2v) is 7.15. The van der Waals surface area contributed by atoms with Crippen molar-refractivity contribution in [3.05, 3.63) is 17.0 Å². The van der Waals surface area contributed by atoms with Crippen molar-refractivity contribution in [3.8, 4) is 0 Å². The number of nitrogens with two attached hydrogens (primary N) is 1. The third kappa shape index (κ3) is 4.12. The molecule has 0 saturated carbocycles. The summed E-state index contributed by atoms with van der Waals surface area (Å²) in [5, 5.41) is 4.99. The van der Waals surface area contributed by atoms with E-state index in [1.807, 2.05) is 6.92 Å². The van der Waals surface area contributed by atoms with Crippen LogP contribution in [0, 0.1) is 5.92 Å². The molecule has 1 aliphatic heterocycles. The lowest BCUT2D eigenvalue weighted by Crippen LogP contribution is -2.48. The lowest BCUT2D eigenvalue weighted by molar-refractivity contribution is -0.134. The molecular formula is C16H24N4O3S. The van der Waals surface area contributed by atoms with Gasteiger partial charge in [0.25, 0.3) is 5.91 Å². The Labute approximate surface area is 145 Å². The number of primary amides is 1. The Morgan fingerprint density at radius 1 is 1.33 bits per heavy atom. The van der Waals surface area contributed by atoms with Crippen molar-refractivity contribution in [1.82, 2.24) is 9.80 Å². The molecule has 3 N–H and O–H groups in total. The average molecular weight is 352 g/mol. The smallest absolute Gasteiger partial charge is 0.251 e. The molecule has 1 aliphatic rings. The summed E-state index contributed by atoms with van der Waals surface area (Å²) in [5.41, 5.74) is 5.62. The molecule has 3 amide bonds. The zero-order chi connectivity index (χ0) is 17.9. The molecule has 132 valence electrons. The fraction of sp³-hybridized carbons (Fsp3) is 0.562. The number of likely N-dealkylation sites (tertiary alicyclic amines) is 1. The Bertz CT molecular complexity index is 621. The van der Waals surface area contributed by atoms with E-state index in [0.29, 0.717) is 23.7 Å². The lowest BCUT2D eigenvalue weighted by Gasteiger charge is -2.35. The van der Waals surface area contributed by atoms with Gasteiger partial charge in [0.15, 0.2) is 0 Å². The van der Waals surface area contributed by atoms with Crippen LogP contribution in [0.15, 0.2) is 11.4 Å². The highest BCUT2D eigenvalue weighted by molar-refractivity contribution is 7.14. The molecule has 8 heteroatoms. The molecule has 0 unspecified atom stereocenters. The summed E-state index contributed by atoms with van der Waals surface area (Å²) in [6.45, 7) is 3.23. The van der Waals surface area contributed by atoms with Gasteiger partial charge in [-0.15, -0.1) is 11.3 Å². The van der Waals surface area contributed by atoms with E-state index < -0.39 is 5.91 Å². The van der Waals surface area contributed by atoms with Gasteiger partial charge in [-0.25, -0.2) is 0 Å². The fourth-order valence-electron chi connectivity index (χ4n) is 2.88. The number of carbonyl (C=O) groups is 3. The quantitative estimate of drug-likeness (QED) is 0.825. The minimum Gasteiger partial charge on any atom is -0.366 e. The first-order valence-corrected chi connectivity index (χ1v) is 8.82. The number of hydrogen-bond donors (Lipinski definition) is 2. The number of amides is 3. The van der Waals surface area contributed by atoms with Gasteiger partial charge in [-0.2, -0.15) is 0 Å². The molecule has 7 nitrogen and oxygen atoms in total. The van der Waals surface area contributed by atoms with E-state index >= 15 is 0 Å². The molecule has 1 saturated heterocycles. The Kier molecular flexibility index (Phi) is 5.95. The maximum atomic E-state index is 12.4. The zero-order valence-corrected chi connectivity index (χ0v) is 15.1. The Morgan fingerprint density at radius 2 is 1.96 bits per heavy atom. The molecule has 0 aromatic carbocycles. The number of thiophene rings is 1. The topological polar surface area (TPSA) is 95.7 Å². The van der Waals surface area contributed by atoms with Crippen molar-refractivity contribution in [1.29, 1.82) is 0 Å². The number of anilines is 1. The fourth-order valence-corrected chi connectivity index (χ4v) is 3.68. The first kappa shape index (κ1) is 18.4. The predicted octanol–water partition coefficient (Wildman–Crippen LogP) is 0.974. The molecule has 1 fully saturated rings. The Hall–Kier alpha value is -1.93. The maximum absolute atomic E-state index is 12.4. The summed E-state index contributed by atoms with van der Waals surface area (Å²) >= 11 is 1.28. The SMILES string of the molecule is C[C@H](C(=O)Nc1sccc1C(N)=O)N1CCC(C(=O)N(C)C)CC1. The van der Waals surface area contributed by atoms with Gasteiger partial charge in [-0.1, -0.05) is 0 Å². The third-order valence-electron chi connectivity index (χ3n) is 4.41. The first-order valence-electron chi connectivity index (χ1n) is 7.94. The molecule has 2 rings (SSSR count). The van der Waals surface area contributed by atoms with E-state index in [0.717, 1.165) is 12.8 Å². The van der Waals surface area contributed by atoms with Crippen molar-refractivity contribution in [3.63, 3.8) is 0 Å². The molecule has 2 heterocycles. The summed E-state index contributed by atoms with van der Waals surface area (Å²) < 4.78 is 0. The van der Waals surface area contributed by atoms with Gasteiger partial charge in [0.05, 0.1) is 11.6 Å². The number of rotatable bonds is 5. The zero-order valence-electron chi connectivity index (χ0n) is 14.2. The van der Waals surface area contributed by atoms with Crippen LogP contribution >= 0.6 is 11.3 Å². The predicted molar refractivity (Wildman–Crippen MR) is 93.9 cm³/mol. The number of nitrogens with one attached hydrogen (secondary N) is 1. The number of nitrogens with zero attached hydrogens (tertiary/aromatic N) is 2. The van der Waals surface area contributed by atoms with Gasteiger partial charge in [0.1, 0.15) is 5.00 Å². The Morgan fingerprint density at radius 3 is 2.50 bits per heavy atom. The van der Waals surface area contributed by atoms with Crippen LogP contribution in [0.5, 0.6) is 0 Å². The number of piperidine rings is 1. The van der Waals surface area contributed by atoms with Gasteiger partial charge in [0.2, 0.25) is 11.8 Å². The van der Waals surface area contributed by atoms with Crippen molar-refractivity contribution < 1.29 is 14.4 Å². The minimum atomic E-state index is -0.554. The molecule has 1 aromatic heterocycles. The number of hydrogen-bond acceptors (Lipinski definition) is 5. The summed E-state index contributed by atoms with van der Waals surface area (Å²) in [6.07, 6.45) is 1.50. The summed E-state index contributed by atoms with van der Waals surface area (Å²) in [6, 6.07) is 1.27. The van der Waals surface area contributed by atoms with Crippen LogP contribution in [0.25, 0.3) is 0 Å². The normalized spacial score (nSPS) is 17.3. The van der Waals surface area contributed by atoms with E-state index in [-0.39, 0.29) is 23.8 Å². The summed E-state index contributed by atoms with van der Waals surface area (Å²) in [4.78, 5) is 39.4. The van der Waals surface area contributed by atoms with Crippen LogP contribution in [0.3, 0.4) is 0 Å². The number of carbonyl (C=O) groups excluding carboxylic acids is 3. The molecule has 0 bridgehead atoms. The molecule has 1 atom stereocenters. The van der Waals surface area contributed by atoms with Crippen molar-refractivity contribution in [2.24, 2.45) is 11.7 Å². The molecule has 0 aliphatic carbocycles. The van der Waals surface area contributed by atoms with E-state index in [4.69, 9.17) is 5.73 Å². The largest absolute Gasteiger partial charge is 0.366 e. The van der Waals surface area contributed by atoms with Crippen molar-refractivity contribution in [2.75, 3.05) is 32.5 Å². The highest BCUT2D eigenvalue weighted by Gasteiger charge is 2.30. The third-order valence-corrected chi connectivity index (χ3v) is 5.24. The van der Waals surface area contributed by atoms with Gasteiger partial charge in [-0.3, -0.25) is 19.3 Å². The lowest BCUT2D eigenvalue weighted by atomic mass is 9.94. The minimum absolute atomic E-state index is 0.0327.